The van der Waals surface area contributed by atoms with Crippen molar-refractivity contribution in [1.82, 2.24) is 29.8 Å². The molecule has 1 aliphatic rings. The third kappa shape index (κ3) is 5.21. The summed E-state index contributed by atoms with van der Waals surface area (Å²) in [6, 6.07) is 18.3. The maximum absolute atomic E-state index is 12.8. The van der Waals surface area contributed by atoms with E-state index in [1.807, 2.05) is 43.3 Å². The number of hydrogen-bond donors (Lipinski definition) is 4. The molecule has 40 heavy (non-hydrogen) atoms. The van der Waals surface area contributed by atoms with E-state index in [0.717, 1.165) is 27.7 Å². The Morgan fingerprint density at radius 1 is 1.18 bits per heavy atom. The quantitative estimate of drug-likeness (QED) is 0.234. The predicted octanol–water partition coefficient (Wildman–Crippen LogP) is 3.77. The molecule has 11 nitrogen and oxygen atoms in total. The molecule has 2 aromatic carbocycles. The first-order valence-corrected chi connectivity index (χ1v) is 13.6. The fourth-order valence-corrected chi connectivity index (χ4v) is 5.36. The SMILES string of the molecule is CCc1c(NC(=O)O[C@@H]2CCN[C@@H](CO)C2)cn2ncnc(Nn3nc(Cc4ccccc4)c4ccccc43)c12. The van der Waals surface area contributed by atoms with Crippen LogP contribution in [0.1, 0.15) is 36.6 Å². The molecule has 4 N–H and O–H groups in total. The first kappa shape index (κ1) is 25.8. The van der Waals surface area contributed by atoms with Gasteiger partial charge < -0.3 is 15.2 Å². The summed E-state index contributed by atoms with van der Waals surface area (Å²) in [4.78, 5) is 19.1. The summed E-state index contributed by atoms with van der Waals surface area (Å²) in [7, 11) is 0. The van der Waals surface area contributed by atoms with Crippen LogP contribution in [0, 0.1) is 0 Å². The zero-order valence-corrected chi connectivity index (χ0v) is 22.2. The highest BCUT2D eigenvalue weighted by Crippen LogP contribution is 2.29. The average molecular weight is 541 g/mol. The van der Waals surface area contributed by atoms with Crippen molar-refractivity contribution < 1.29 is 14.6 Å². The number of carbonyl (C=O) groups is 1. The van der Waals surface area contributed by atoms with E-state index in [2.05, 4.69) is 44.3 Å². The molecule has 0 bridgehead atoms. The number of hydrogen-bond acceptors (Lipinski definition) is 8. The van der Waals surface area contributed by atoms with Crippen LogP contribution in [0.25, 0.3) is 16.4 Å². The van der Waals surface area contributed by atoms with Crippen LogP contribution in [0.4, 0.5) is 16.3 Å². The van der Waals surface area contributed by atoms with Crippen molar-refractivity contribution in [2.75, 3.05) is 23.9 Å². The second-order valence-electron chi connectivity index (χ2n) is 9.94. The van der Waals surface area contributed by atoms with Gasteiger partial charge in [0.2, 0.25) is 0 Å². The summed E-state index contributed by atoms with van der Waals surface area (Å²) >= 11 is 0. The minimum absolute atomic E-state index is 0.0140. The summed E-state index contributed by atoms with van der Waals surface area (Å²) in [5, 5.41) is 25.9. The molecule has 2 atom stereocenters. The number of carbonyl (C=O) groups excluding carboxylic acids is 1. The molecule has 0 unspecified atom stereocenters. The summed E-state index contributed by atoms with van der Waals surface area (Å²) in [6.45, 7) is 2.72. The number of piperidine rings is 1. The Labute approximate surface area is 231 Å². The molecule has 4 heterocycles. The Kier molecular flexibility index (Phi) is 7.30. The molecule has 3 aromatic heterocycles. The number of benzene rings is 2. The standard InChI is InChI=1S/C29H32N8O3/c1-2-22-25(33-29(39)40-21-12-13-30-20(15-21)17-38)16-36-27(22)28(31-18-32-36)35-37-26-11-7-6-10-23(26)24(34-37)14-19-8-4-3-5-9-19/h3-11,16,18,20-21,30,38H,2,12-15,17H2,1H3,(H,33,39)(H,31,32,35)/t20-,21-/m1/s1. The van der Waals surface area contributed by atoms with Gasteiger partial charge in [-0.1, -0.05) is 55.5 Å². The van der Waals surface area contributed by atoms with E-state index < -0.39 is 6.09 Å². The molecule has 0 radical (unpaired) electrons. The number of aryl methyl sites for hydroxylation is 1. The number of anilines is 2. The number of amides is 1. The number of fused-ring (bicyclic) bond motifs is 2. The number of aliphatic hydroxyl groups is 1. The number of nitrogens with zero attached hydrogens (tertiary/aromatic N) is 5. The number of aromatic nitrogens is 5. The number of aliphatic hydroxyl groups excluding tert-OH is 1. The summed E-state index contributed by atoms with van der Waals surface area (Å²) in [5.41, 5.74) is 8.67. The number of ether oxygens (including phenoxy) is 1. The molecular formula is C29H32N8O3. The molecule has 0 saturated carbocycles. The Balaban J connectivity index is 1.28. The minimum atomic E-state index is -0.528. The van der Waals surface area contributed by atoms with Crippen LogP contribution in [0.2, 0.25) is 0 Å². The Morgan fingerprint density at radius 2 is 2.00 bits per heavy atom. The lowest BCUT2D eigenvalue weighted by molar-refractivity contribution is 0.0680. The Bertz CT molecular complexity index is 1630. The van der Waals surface area contributed by atoms with Crippen molar-refractivity contribution in [3.8, 4) is 0 Å². The van der Waals surface area contributed by atoms with Crippen molar-refractivity contribution >= 4 is 34.0 Å². The normalized spacial score (nSPS) is 17.2. The summed E-state index contributed by atoms with van der Waals surface area (Å²) < 4.78 is 7.37. The van der Waals surface area contributed by atoms with E-state index in [4.69, 9.17) is 9.84 Å². The molecule has 6 rings (SSSR count). The van der Waals surface area contributed by atoms with Gasteiger partial charge in [-0.15, -0.1) is 0 Å². The van der Waals surface area contributed by atoms with Crippen molar-refractivity contribution in [1.29, 1.82) is 0 Å². The summed E-state index contributed by atoms with van der Waals surface area (Å²) in [6.07, 6.45) is 5.06. The fourth-order valence-electron chi connectivity index (χ4n) is 5.36. The van der Waals surface area contributed by atoms with Crippen molar-refractivity contribution in [2.45, 2.75) is 44.8 Å². The van der Waals surface area contributed by atoms with Crippen molar-refractivity contribution in [3.63, 3.8) is 0 Å². The lowest BCUT2D eigenvalue weighted by Gasteiger charge is -2.28. The summed E-state index contributed by atoms with van der Waals surface area (Å²) in [5.74, 6) is 0.567. The van der Waals surface area contributed by atoms with Gasteiger partial charge in [0.15, 0.2) is 5.82 Å². The third-order valence-corrected chi connectivity index (χ3v) is 7.30. The van der Waals surface area contributed by atoms with E-state index >= 15 is 0 Å². The van der Waals surface area contributed by atoms with Gasteiger partial charge in [0.05, 0.1) is 29.7 Å². The molecule has 1 aliphatic heterocycles. The molecule has 0 spiro atoms. The molecule has 1 saturated heterocycles. The van der Waals surface area contributed by atoms with Gasteiger partial charge >= 0.3 is 6.09 Å². The maximum Gasteiger partial charge on any atom is 0.411 e. The number of rotatable bonds is 8. The van der Waals surface area contributed by atoms with Gasteiger partial charge in [-0.3, -0.25) is 10.7 Å². The zero-order valence-electron chi connectivity index (χ0n) is 22.2. The van der Waals surface area contributed by atoms with Crippen LogP contribution in [0.3, 0.4) is 0 Å². The number of nitrogens with one attached hydrogen (secondary N) is 3. The second-order valence-corrected chi connectivity index (χ2v) is 9.94. The van der Waals surface area contributed by atoms with E-state index in [0.29, 0.717) is 43.7 Å². The highest BCUT2D eigenvalue weighted by Gasteiger charge is 2.25. The van der Waals surface area contributed by atoms with E-state index in [1.54, 1.807) is 15.5 Å². The molecule has 11 heteroatoms. The van der Waals surface area contributed by atoms with Gasteiger partial charge in [0, 0.05) is 29.8 Å². The smallest absolute Gasteiger partial charge is 0.411 e. The largest absolute Gasteiger partial charge is 0.446 e. The van der Waals surface area contributed by atoms with E-state index in [1.165, 1.54) is 11.9 Å². The van der Waals surface area contributed by atoms with Crippen LogP contribution in [0.15, 0.2) is 67.1 Å². The molecule has 1 amide bonds. The topological polar surface area (TPSA) is 131 Å². The third-order valence-electron chi connectivity index (χ3n) is 7.30. The molecule has 0 aliphatic carbocycles. The average Bonchev–Trinajstić information content (AvgIpc) is 3.51. The highest BCUT2D eigenvalue weighted by molar-refractivity contribution is 5.90. The second kappa shape index (κ2) is 11.3. The van der Waals surface area contributed by atoms with Crippen molar-refractivity contribution in [3.05, 3.63) is 83.9 Å². The Hall–Kier alpha value is -4.48. The highest BCUT2D eigenvalue weighted by atomic mass is 16.6. The maximum atomic E-state index is 12.8. The number of para-hydroxylation sites is 1. The molecule has 1 fully saturated rings. The van der Waals surface area contributed by atoms with Crippen LogP contribution in [-0.2, 0) is 17.6 Å². The van der Waals surface area contributed by atoms with Gasteiger partial charge in [0.25, 0.3) is 0 Å². The van der Waals surface area contributed by atoms with Crippen LogP contribution in [0.5, 0.6) is 0 Å². The lowest BCUT2D eigenvalue weighted by atomic mass is 10.0. The molecule has 206 valence electrons. The monoisotopic (exact) mass is 540 g/mol. The Morgan fingerprint density at radius 3 is 2.83 bits per heavy atom. The molecule has 5 aromatic rings. The zero-order chi connectivity index (χ0) is 27.5. The first-order chi connectivity index (χ1) is 19.6. The van der Waals surface area contributed by atoms with Crippen LogP contribution >= 0.6 is 0 Å². The van der Waals surface area contributed by atoms with E-state index in [9.17, 15) is 9.90 Å². The lowest BCUT2D eigenvalue weighted by Crippen LogP contribution is -2.44. The predicted molar refractivity (Wildman–Crippen MR) is 152 cm³/mol. The van der Waals surface area contributed by atoms with Crippen molar-refractivity contribution in [2.24, 2.45) is 0 Å². The molecular weight excluding hydrogens is 508 g/mol. The van der Waals surface area contributed by atoms with Gasteiger partial charge in [0.1, 0.15) is 17.9 Å². The first-order valence-electron chi connectivity index (χ1n) is 13.6. The van der Waals surface area contributed by atoms with Crippen LogP contribution < -0.4 is 16.1 Å². The van der Waals surface area contributed by atoms with E-state index in [-0.39, 0.29) is 18.8 Å². The van der Waals surface area contributed by atoms with Gasteiger partial charge in [-0.05, 0) is 31.0 Å². The van der Waals surface area contributed by atoms with Gasteiger partial charge in [-0.25, -0.2) is 14.3 Å². The minimum Gasteiger partial charge on any atom is -0.446 e. The fraction of sp³-hybridized carbons (Fsp3) is 0.310. The van der Waals surface area contributed by atoms with Crippen LogP contribution in [-0.4, -0.2) is 61.0 Å². The van der Waals surface area contributed by atoms with Gasteiger partial charge in [-0.2, -0.15) is 15.0 Å².